The van der Waals surface area contributed by atoms with E-state index in [-0.39, 0.29) is 29.3 Å². The van der Waals surface area contributed by atoms with E-state index in [0.717, 1.165) is 0 Å². The van der Waals surface area contributed by atoms with Crippen molar-refractivity contribution < 1.29 is 9.59 Å². The summed E-state index contributed by atoms with van der Waals surface area (Å²) in [5.41, 5.74) is 0.469. The van der Waals surface area contributed by atoms with Gasteiger partial charge in [-0.2, -0.15) is 0 Å². The summed E-state index contributed by atoms with van der Waals surface area (Å²) in [6.07, 6.45) is -0.228. The molecule has 2 atom stereocenters. The zero-order valence-corrected chi connectivity index (χ0v) is 13.5. The van der Waals surface area contributed by atoms with Crippen LogP contribution in [0.3, 0.4) is 0 Å². The maximum atomic E-state index is 12.8. The number of amides is 2. The van der Waals surface area contributed by atoms with Crippen LogP contribution in [0.2, 0.25) is 0 Å². The highest BCUT2D eigenvalue weighted by atomic mass is 16.2. The highest BCUT2D eigenvalue weighted by molar-refractivity contribution is 5.95. The van der Waals surface area contributed by atoms with E-state index in [2.05, 4.69) is 20.8 Å². The number of hydrogen-bond acceptors (Lipinski definition) is 2. The summed E-state index contributed by atoms with van der Waals surface area (Å²) in [6, 6.07) is 9.27. The summed E-state index contributed by atoms with van der Waals surface area (Å²) in [4.78, 5) is 28.7. The number of nitrogens with zero attached hydrogens (tertiary/aromatic N) is 2. The second kappa shape index (κ2) is 5.51. The Morgan fingerprint density at radius 1 is 1.19 bits per heavy atom. The Morgan fingerprint density at radius 2 is 1.76 bits per heavy atom. The Labute approximate surface area is 126 Å². The molecule has 0 saturated carbocycles. The Kier molecular flexibility index (Phi) is 4.08. The monoisotopic (exact) mass is 288 g/mol. The third-order valence-electron chi connectivity index (χ3n) is 3.96. The molecular formula is C17H24N2O2. The average molecular weight is 288 g/mol. The molecule has 1 aliphatic rings. The van der Waals surface area contributed by atoms with Crippen LogP contribution in [-0.2, 0) is 4.79 Å². The van der Waals surface area contributed by atoms with Crippen LogP contribution in [0.15, 0.2) is 30.3 Å². The van der Waals surface area contributed by atoms with Crippen molar-refractivity contribution in [2.45, 2.75) is 33.9 Å². The zero-order valence-electron chi connectivity index (χ0n) is 13.5. The molecule has 0 bridgehead atoms. The maximum absolute atomic E-state index is 12.8. The molecule has 0 spiro atoms. The minimum Gasteiger partial charge on any atom is -0.324 e. The summed E-state index contributed by atoms with van der Waals surface area (Å²) in [5, 5.41) is 0. The van der Waals surface area contributed by atoms with Gasteiger partial charge in [-0.3, -0.25) is 9.59 Å². The first-order valence-corrected chi connectivity index (χ1v) is 7.36. The number of carbonyl (C=O) groups excluding carboxylic acids is 2. The lowest BCUT2D eigenvalue weighted by Crippen LogP contribution is -2.64. The van der Waals surface area contributed by atoms with Gasteiger partial charge in [-0.05, 0) is 12.1 Å². The van der Waals surface area contributed by atoms with E-state index in [1.165, 1.54) is 0 Å². The molecule has 2 amide bonds. The van der Waals surface area contributed by atoms with Crippen molar-refractivity contribution >= 4 is 11.8 Å². The van der Waals surface area contributed by atoms with Crippen molar-refractivity contribution in [3.8, 4) is 0 Å². The molecule has 1 aromatic rings. The minimum absolute atomic E-state index is 0.0123. The van der Waals surface area contributed by atoms with Gasteiger partial charge >= 0.3 is 0 Å². The van der Waals surface area contributed by atoms with Crippen molar-refractivity contribution in [2.75, 3.05) is 13.6 Å². The molecule has 1 unspecified atom stereocenters. The number of carbonyl (C=O) groups is 2. The van der Waals surface area contributed by atoms with E-state index in [1.807, 2.05) is 42.2 Å². The first-order valence-electron chi connectivity index (χ1n) is 7.36. The third kappa shape index (κ3) is 2.94. The van der Waals surface area contributed by atoms with E-state index in [9.17, 15) is 9.59 Å². The molecule has 4 heteroatoms. The first-order chi connectivity index (χ1) is 9.73. The fourth-order valence-electron chi connectivity index (χ4n) is 3.14. The lowest BCUT2D eigenvalue weighted by molar-refractivity contribution is -0.151. The van der Waals surface area contributed by atoms with E-state index >= 15 is 0 Å². The number of rotatable bonds is 1. The molecule has 1 aliphatic heterocycles. The minimum atomic E-state index is -0.228. The van der Waals surface area contributed by atoms with Crippen LogP contribution in [0.25, 0.3) is 0 Å². The van der Waals surface area contributed by atoms with Crippen molar-refractivity contribution in [1.82, 2.24) is 9.80 Å². The van der Waals surface area contributed by atoms with Crippen LogP contribution in [0.1, 0.15) is 38.1 Å². The molecule has 1 aromatic carbocycles. The van der Waals surface area contributed by atoms with Crippen molar-refractivity contribution in [2.24, 2.45) is 11.3 Å². The van der Waals surface area contributed by atoms with Crippen molar-refractivity contribution in [3.05, 3.63) is 35.9 Å². The number of hydrogen-bond donors (Lipinski definition) is 0. The molecule has 4 nitrogen and oxygen atoms in total. The normalized spacial score (nSPS) is 23.4. The summed E-state index contributed by atoms with van der Waals surface area (Å²) in [7, 11) is 1.79. The summed E-state index contributed by atoms with van der Waals surface area (Å²) in [6.45, 7) is 8.52. The Hall–Kier alpha value is -1.84. The van der Waals surface area contributed by atoms with Crippen LogP contribution in [0.4, 0.5) is 0 Å². The molecule has 0 N–H and O–H groups in total. The zero-order chi connectivity index (χ0) is 15.8. The summed E-state index contributed by atoms with van der Waals surface area (Å²) < 4.78 is 0. The van der Waals surface area contributed by atoms with E-state index in [1.54, 1.807) is 11.9 Å². The second-order valence-electron chi connectivity index (χ2n) is 6.91. The van der Waals surface area contributed by atoms with E-state index in [0.29, 0.717) is 12.1 Å². The van der Waals surface area contributed by atoms with Crippen molar-refractivity contribution in [3.63, 3.8) is 0 Å². The van der Waals surface area contributed by atoms with E-state index in [4.69, 9.17) is 0 Å². The van der Waals surface area contributed by atoms with Crippen LogP contribution < -0.4 is 0 Å². The van der Waals surface area contributed by atoms with Gasteiger partial charge in [-0.1, -0.05) is 45.9 Å². The van der Waals surface area contributed by atoms with Crippen LogP contribution in [-0.4, -0.2) is 41.4 Å². The fraction of sp³-hybridized carbons (Fsp3) is 0.529. The summed E-state index contributed by atoms with van der Waals surface area (Å²) >= 11 is 0. The molecule has 1 saturated heterocycles. The third-order valence-corrected chi connectivity index (χ3v) is 3.96. The predicted octanol–water partition coefficient (Wildman–Crippen LogP) is 2.61. The Balaban J connectivity index is 2.39. The molecule has 0 aliphatic carbocycles. The fourth-order valence-corrected chi connectivity index (χ4v) is 3.14. The van der Waals surface area contributed by atoms with Crippen molar-refractivity contribution in [1.29, 1.82) is 0 Å². The highest BCUT2D eigenvalue weighted by Gasteiger charge is 2.44. The molecule has 114 valence electrons. The van der Waals surface area contributed by atoms with Crippen LogP contribution >= 0.6 is 0 Å². The molecule has 0 radical (unpaired) electrons. The smallest absolute Gasteiger partial charge is 0.255 e. The summed E-state index contributed by atoms with van der Waals surface area (Å²) in [5.74, 6) is -0.0741. The van der Waals surface area contributed by atoms with Gasteiger partial charge in [0.25, 0.3) is 5.91 Å². The standard InChI is InChI=1S/C17H24N2O2/c1-12-11-19(15(21)13-9-7-6-8-10-13)16(17(2,3)4)18(5)14(12)20/h6-10,12,16H,11H2,1-5H3/t12-,16?/m0/s1. The Bertz CT molecular complexity index is 533. The average Bonchev–Trinajstić information content (AvgIpc) is 2.43. The van der Waals surface area contributed by atoms with Gasteiger partial charge in [-0.15, -0.1) is 0 Å². The highest BCUT2D eigenvalue weighted by Crippen LogP contribution is 2.32. The molecule has 1 fully saturated rings. The van der Waals surface area contributed by atoms with Gasteiger partial charge in [0.1, 0.15) is 6.17 Å². The molecular weight excluding hydrogens is 264 g/mol. The Morgan fingerprint density at radius 3 is 2.29 bits per heavy atom. The van der Waals surface area contributed by atoms with E-state index < -0.39 is 0 Å². The van der Waals surface area contributed by atoms with Gasteiger partial charge in [0, 0.05) is 24.6 Å². The van der Waals surface area contributed by atoms with Gasteiger partial charge < -0.3 is 9.80 Å². The van der Waals surface area contributed by atoms with Gasteiger partial charge in [0.05, 0.1) is 5.92 Å². The topological polar surface area (TPSA) is 40.6 Å². The van der Waals surface area contributed by atoms with Gasteiger partial charge in [-0.25, -0.2) is 0 Å². The maximum Gasteiger partial charge on any atom is 0.255 e. The molecule has 21 heavy (non-hydrogen) atoms. The molecule has 1 heterocycles. The first kappa shape index (κ1) is 15.5. The second-order valence-corrected chi connectivity index (χ2v) is 6.91. The lowest BCUT2D eigenvalue weighted by atomic mass is 9.86. The van der Waals surface area contributed by atoms with Crippen LogP contribution in [0, 0.1) is 11.3 Å². The largest absolute Gasteiger partial charge is 0.324 e. The predicted molar refractivity (Wildman–Crippen MR) is 82.7 cm³/mol. The lowest BCUT2D eigenvalue weighted by Gasteiger charge is -2.50. The quantitative estimate of drug-likeness (QED) is 0.797. The number of benzene rings is 1. The van der Waals surface area contributed by atoms with Gasteiger partial charge in [0.2, 0.25) is 5.91 Å². The molecule has 0 aromatic heterocycles. The van der Waals surface area contributed by atoms with Gasteiger partial charge in [0.15, 0.2) is 0 Å². The molecule has 2 rings (SSSR count). The van der Waals surface area contributed by atoms with Crippen LogP contribution in [0.5, 0.6) is 0 Å². The SMILES string of the molecule is C[C@H]1CN(C(=O)c2ccccc2)C(C(C)(C)C)N(C)C1=O.